The lowest BCUT2D eigenvalue weighted by molar-refractivity contribution is 0.368. The summed E-state index contributed by atoms with van der Waals surface area (Å²) < 4.78 is 24.5. The second kappa shape index (κ2) is 9.22. The predicted octanol–water partition coefficient (Wildman–Crippen LogP) is 5.66. The van der Waals surface area contributed by atoms with Gasteiger partial charge in [-0.15, -0.1) is 0 Å². The molecule has 0 atom stereocenters. The predicted molar refractivity (Wildman–Crippen MR) is 125 cm³/mol. The van der Waals surface area contributed by atoms with Gasteiger partial charge in [0.1, 0.15) is 17.3 Å². The number of anilines is 1. The van der Waals surface area contributed by atoms with Gasteiger partial charge < -0.3 is 24.4 Å². The molecule has 0 saturated heterocycles. The highest BCUT2D eigenvalue weighted by molar-refractivity contribution is 7.80. The molecule has 0 aliphatic rings. The van der Waals surface area contributed by atoms with E-state index < -0.39 is 0 Å². The number of H-pyrrole nitrogens is 1. The number of halogens is 1. The third kappa shape index (κ3) is 4.88. The molecule has 0 amide bonds. The average Bonchev–Trinajstić information content (AvgIpc) is 3.37. The molecule has 2 N–H and O–H groups in total. The highest BCUT2D eigenvalue weighted by Gasteiger charge is 2.16. The number of hydrogen-bond donors (Lipinski definition) is 2. The fourth-order valence-electron chi connectivity index (χ4n) is 3.67. The Kier molecular flexibility index (Phi) is 6.23. The van der Waals surface area contributed by atoms with Crippen LogP contribution in [0.25, 0.3) is 10.9 Å². The minimum atomic E-state index is -0.311. The van der Waals surface area contributed by atoms with Crippen molar-refractivity contribution in [3.05, 3.63) is 83.7 Å². The Balaban J connectivity index is 1.55. The van der Waals surface area contributed by atoms with E-state index in [2.05, 4.69) is 17.2 Å². The zero-order valence-corrected chi connectivity index (χ0v) is 18.3. The van der Waals surface area contributed by atoms with Crippen LogP contribution in [-0.4, -0.2) is 28.7 Å². The molecule has 0 radical (unpaired) electrons. The van der Waals surface area contributed by atoms with Crippen LogP contribution in [0.3, 0.4) is 0 Å². The van der Waals surface area contributed by atoms with Crippen LogP contribution in [0.5, 0.6) is 5.75 Å². The molecule has 2 aromatic carbocycles. The summed E-state index contributed by atoms with van der Waals surface area (Å²) in [6.07, 6.45) is 2.41. The number of nitrogens with one attached hydrogen (secondary N) is 2. The van der Waals surface area contributed by atoms with Crippen LogP contribution in [0.2, 0.25) is 0 Å². The molecule has 4 rings (SSSR count). The second-order valence-corrected chi connectivity index (χ2v) is 7.72. The number of fused-ring (bicyclic) bond motifs is 1. The molecule has 0 unspecified atom stereocenters. The minimum Gasteiger partial charge on any atom is -0.497 e. The molecular formula is C24H24FN3O2S. The minimum absolute atomic E-state index is 0.311. The van der Waals surface area contributed by atoms with Crippen molar-refractivity contribution < 1.29 is 13.5 Å². The zero-order chi connectivity index (χ0) is 21.8. The summed E-state index contributed by atoms with van der Waals surface area (Å²) >= 11 is 5.66. The van der Waals surface area contributed by atoms with E-state index in [9.17, 15) is 4.39 Å². The molecule has 5 nitrogen and oxygen atoms in total. The van der Waals surface area contributed by atoms with E-state index in [0.717, 1.165) is 34.5 Å². The molecule has 0 aliphatic carbocycles. The van der Waals surface area contributed by atoms with Crippen LogP contribution in [-0.2, 0) is 13.0 Å². The van der Waals surface area contributed by atoms with Crippen LogP contribution in [0, 0.1) is 12.7 Å². The van der Waals surface area contributed by atoms with Crippen molar-refractivity contribution in [1.29, 1.82) is 0 Å². The summed E-state index contributed by atoms with van der Waals surface area (Å²) in [7, 11) is 1.67. The van der Waals surface area contributed by atoms with E-state index in [0.29, 0.717) is 23.9 Å². The highest BCUT2D eigenvalue weighted by atomic mass is 32.1. The van der Waals surface area contributed by atoms with Crippen LogP contribution in [0.1, 0.15) is 17.0 Å². The molecule has 2 aromatic heterocycles. The van der Waals surface area contributed by atoms with Crippen molar-refractivity contribution in [2.24, 2.45) is 0 Å². The van der Waals surface area contributed by atoms with Gasteiger partial charge in [0.2, 0.25) is 0 Å². The van der Waals surface area contributed by atoms with Crippen molar-refractivity contribution in [1.82, 2.24) is 9.88 Å². The lowest BCUT2D eigenvalue weighted by Gasteiger charge is -2.25. The van der Waals surface area contributed by atoms with E-state index in [1.807, 2.05) is 35.2 Å². The topological polar surface area (TPSA) is 53.4 Å². The van der Waals surface area contributed by atoms with E-state index in [1.165, 1.54) is 17.7 Å². The zero-order valence-electron chi connectivity index (χ0n) is 17.4. The van der Waals surface area contributed by atoms with E-state index in [4.69, 9.17) is 21.4 Å². The second-order valence-electron chi connectivity index (χ2n) is 7.33. The number of nitrogens with zero attached hydrogens (tertiary/aromatic N) is 1. The van der Waals surface area contributed by atoms with Gasteiger partial charge in [0.25, 0.3) is 0 Å². The third-order valence-corrected chi connectivity index (χ3v) is 5.61. The van der Waals surface area contributed by atoms with Gasteiger partial charge in [-0.1, -0.05) is 6.07 Å². The van der Waals surface area contributed by atoms with Crippen molar-refractivity contribution >= 4 is 33.9 Å². The van der Waals surface area contributed by atoms with E-state index in [-0.39, 0.29) is 5.82 Å². The summed E-state index contributed by atoms with van der Waals surface area (Å²) in [5.41, 5.74) is 4.02. The maximum atomic E-state index is 13.6. The van der Waals surface area contributed by atoms with Gasteiger partial charge in [0, 0.05) is 28.8 Å². The number of aryl methyl sites for hydroxylation is 1. The Hall–Kier alpha value is -3.32. The first kappa shape index (κ1) is 20.9. The summed E-state index contributed by atoms with van der Waals surface area (Å²) in [4.78, 5) is 5.47. The Labute approximate surface area is 185 Å². The molecule has 0 aliphatic heterocycles. The van der Waals surface area contributed by atoms with Crippen molar-refractivity contribution in [2.45, 2.75) is 19.9 Å². The van der Waals surface area contributed by atoms with Crippen LogP contribution in [0.15, 0.2) is 65.3 Å². The molecule has 31 heavy (non-hydrogen) atoms. The van der Waals surface area contributed by atoms with Gasteiger partial charge in [0.05, 0.1) is 19.9 Å². The van der Waals surface area contributed by atoms with Gasteiger partial charge in [-0.05, 0) is 79.7 Å². The standard InChI is InChI=1S/C24H24FN3O2S/c1-16-21(22-14-19(29-2)8-9-23(22)26-16)10-11-28(15-20-7-4-12-30-20)24(31)27-18-6-3-5-17(25)13-18/h3-9,12-14,26H,10-11,15H2,1-2H3,(H,27,31). The van der Waals surface area contributed by atoms with E-state index in [1.54, 1.807) is 25.5 Å². The molecule has 0 fully saturated rings. The molecule has 4 aromatic rings. The molecule has 160 valence electrons. The first-order valence-electron chi connectivity index (χ1n) is 10.0. The van der Waals surface area contributed by atoms with Gasteiger partial charge in [0.15, 0.2) is 5.11 Å². The molecule has 0 spiro atoms. The van der Waals surface area contributed by atoms with Crippen LogP contribution >= 0.6 is 12.2 Å². The maximum Gasteiger partial charge on any atom is 0.173 e. The van der Waals surface area contributed by atoms with Gasteiger partial charge in [-0.25, -0.2) is 4.39 Å². The van der Waals surface area contributed by atoms with Crippen molar-refractivity contribution in [3.8, 4) is 5.75 Å². The number of rotatable bonds is 7. The number of aromatic nitrogens is 1. The monoisotopic (exact) mass is 437 g/mol. The first-order chi connectivity index (χ1) is 15.0. The maximum absolute atomic E-state index is 13.6. The molecule has 7 heteroatoms. The van der Waals surface area contributed by atoms with Gasteiger partial charge in [-0.3, -0.25) is 0 Å². The number of benzene rings is 2. The number of thiocarbonyl (C=S) groups is 1. The molecule has 0 saturated carbocycles. The Morgan fingerprint density at radius 3 is 2.81 bits per heavy atom. The fraction of sp³-hybridized carbons (Fsp3) is 0.208. The lowest BCUT2D eigenvalue weighted by atomic mass is 10.1. The summed E-state index contributed by atoms with van der Waals surface area (Å²) in [5, 5.41) is 4.79. The van der Waals surface area contributed by atoms with Crippen LogP contribution < -0.4 is 10.1 Å². The highest BCUT2D eigenvalue weighted by Crippen LogP contribution is 2.27. The number of aromatic amines is 1. The SMILES string of the molecule is COc1ccc2[nH]c(C)c(CCN(Cc3ccco3)C(=S)Nc3cccc(F)c3)c2c1. The molecule has 2 heterocycles. The van der Waals surface area contributed by atoms with Gasteiger partial charge in [-0.2, -0.15) is 0 Å². The third-order valence-electron chi connectivity index (χ3n) is 5.25. The Morgan fingerprint density at radius 1 is 1.19 bits per heavy atom. The smallest absolute Gasteiger partial charge is 0.173 e. The van der Waals surface area contributed by atoms with Crippen molar-refractivity contribution in [3.63, 3.8) is 0 Å². The number of furan rings is 1. The van der Waals surface area contributed by atoms with Crippen LogP contribution in [0.4, 0.5) is 10.1 Å². The number of ether oxygens (including phenoxy) is 1. The first-order valence-corrected chi connectivity index (χ1v) is 10.4. The molecular weight excluding hydrogens is 413 g/mol. The average molecular weight is 438 g/mol. The quantitative estimate of drug-likeness (QED) is 0.366. The lowest BCUT2D eigenvalue weighted by Crippen LogP contribution is -2.35. The Bertz CT molecular complexity index is 1190. The Morgan fingerprint density at radius 2 is 2.06 bits per heavy atom. The largest absolute Gasteiger partial charge is 0.497 e. The summed E-state index contributed by atoms with van der Waals surface area (Å²) in [6.45, 7) is 3.24. The van der Waals surface area contributed by atoms with Gasteiger partial charge >= 0.3 is 0 Å². The summed E-state index contributed by atoms with van der Waals surface area (Å²) in [5.74, 6) is 1.32. The number of hydrogen-bond acceptors (Lipinski definition) is 3. The summed E-state index contributed by atoms with van der Waals surface area (Å²) in [6, 6.07) is 16.1. The molecule has 0 bridgehead atoms. The normalized spacial score (nSPS) is 10.9. The van der Waals surface area contributed by atoms with E-state index >= 15 is 0 Å². The fourth-order valence-corrected chi connectivity index (χ4v) is 3.94. The number of methoxy groups -OCH3 is 1. The van der Waals surface area contributed by atoms with Crippen molar-refractivity contribution in [2.75, 3.05) is 19.0 Å².